The molecule has 0 radical (unpaired) electrons. The van der Waals surface area contributed by atoms with Crippen LogP contribution in [0.3, 0.4) is 0 Å². The zero-order valence-corrected chi connectivity index (χ0v) is 14.2. The highest BCUT2D eigenvalue weighted by Crippen LogP contribution is 2.20. The normalized spacial score (nSPS) is 16.2. The Balaban J connectivity index is 1.66. The molecule has 1 saturated heterocycles. The second kappa shape index (κ2) is 8.54. The smallest absolute Gasteiger partial charge is 0.325 e. The summed E-state index contributed by atoms with van der Waals surface area (Å²) in [5.74, 6) is -0.287. The average molecular weight is 359 g/mol. The lowest BCUT2D eigenvalue weighted by atomic mass is 10.1. The third-order valence-electron chi connectivity index (χ3n) is 4.30. The Kier molecular flexibility index (Phi) is 5.92. The van der Waals surface area contributed by atoms with Crippen LogP contribution in [-0.4, -0.2) is 58.6 Å². The predicted molar refractivity (Wildman–Crippen MR) is 93.8 cm³/mol. The summed E-state index contributed by atoms with van der Waals surface area (Å²) < 4.78 is 5.40. The highest BCUT2D eigenvalue weighted by molar-refractivity contribution is 5.78. The van der Waals surface area contributed by atoms with Crippen molar-refractivity contribution in [2.45, 2.75) is 12.5 Å². The van der Waals surface area contributed by atoms with Crippen LogP contribution in [-0.2, 0) is 16.0 Å². The van der Waals surface area contributed by atoms with Crippen molar-refractivity contribution in [1.82, 2.24) is 25.2 Å². The van der Waals surface area contributed by atoms with E-state index < -0.39 is 11.2 Å². The number of amides is 1. The van der Waals surface area contributed by atoms with Crippen LogP contribution in [0.4, 0.5) is 0 Å². The molecule has 3 heterocycles. The molecule has 1 amide bonds. The van der Waals surface area contributed by atoms with Gasteiger partial charge < -0.3 is 15.0 Å². The van der Waals surface area contributed by atoms with E-state index in [4.69, 9.17) is 4.74 Å². The van der Waals surface area contributed by atoms with Gasteiger partial charge in [0.15, 0.2) is 0 Å². The van der Waals surface area contributed by atoms with Crippen LogP contribution in [0.2, 0.25) is 0 Å². The van der Waals surface area contributed by atoms with Crippen molar-refractivity contribution >= 4 is 5.91 Å². The van der Waals surface area contributed by atoms with Gasteiger partial charge in [-0.1, -0.05) is 6.07 Å². The lowest BCUT2D eigenvalue weighted by Crippen LogP contribution is -2.44. The maximum absolute atomic E-state index is 12.3. The van der Waals surface area contributed by atoms with Crippen molar-refractivity contribution in [1.29, 1.82) is 0 Å². The Morgan fingerprint density at radius 1 is 1.35 bits per heavy atom. The molecule has 0 aliphatic carbocycles. The zero-order valence-electron chi connectivity index (χ0n) is 14.2. The number of ether oxygens (including phenoxy) is 1. The summed E-state index contributed by atoms with van der Waals surface area (Å²) in [5, 5.41) is 2.87. The SMILES string of the molecule is O=C(Cc1c[nH]c(=O)[nH]c1=O)NC[C@@H](c1cccnc1)N1CCOCC1. The Hall–Kier alpha value is -2.78. The Morgan fingerprint density at radius 2 is 2.15 bits per heavy atom. The highest BCUT2D eigenvalue weighted by atomic mass is 16.5. The summed E-state index contributed by atoms with van der Waals surface area (Å²) >= 11 is 0. The summed E-state index contributed by atoms with van der Waals surface area (Å²) in [5.41, 5.74) is 0.0759. The molecule has 3 N–H and O–H groups in total. The fourth-order valence-corrected chi connectivity index (χ4v) is 2.93. The van der Waals surface area contributed by atoms with Gasteiger partial charge in [-0.25, -0.2) is 4.79 Å². The van der Waals surface area contributed by atoms with Gasteiger partial charge in [-0.2, -0.15) is 0 Å². The Bertz CT molecular complexity index is 842. The van der Waals surface area contributed by atoms with Gasteiger partial charge in [-0.05, 0) is 11.6 Å². The van der Waals surface area contributed by atoms with Crippen molar-refractivity contribution < 1.29 is 9.53 Å². The summed E-state index contributed by atoms with van der Waals surface area (Å²) in [4.78, 5) is 45.9. The average Bonchev–Trinajstić information content (AvgIpc) is 2.66. The van der Waals surface area contributed by atoms with Crippen LogP contribution >= 0.6 is 0 Å². The van der Waals surface area contributed by atoms with Gasteiger partial charge in [0.2, 0.25) is 5.91 Å². The van der Waals surface area contributed by atoms with Crippen LogP contribution in [0.5, 0.6) is 0 Å². The van der Waals surface area contributed by atoms with Crippen LogP contribution < -0.4 is 16.6 Å². The molecule has 9 heteroatoms. The number of aromatic amines is 2. The molecule has 1 atom stereocenters. The molecule has 0 spiro atoms. The van der Waals surface area contributed by atoms with Crippen LogP contribution in [0.15, 0.2) is 40.3 Å². The third-order valence-corrected chi connectivity index (χ3v) is 4.30. The van der Waals surface area contributed by atoms with Gasteiger partial charge in [0.25, 0.3) is 5.56 Å². The number of nitrogens with one attached hydrogen (secondary N) is 3. The van der Waals surface area contributed by atoms with Crippen LogP contribution in [0, 0.1) is 0 Å². The van der Waals surface area contributed by atoms with E-state index in [2.05, 4.69) is 25.2 Å². The minimum Gasteiger partial charge on any atom is -0.379 e. The fourth-order valence-electron chi connectivity index (χ4n) is 2.93. The van der Waals surface area contributed by atoms with E-state index in [9.17, 15) is 14.4 Å². The Labute approximate surface area is 149 Å². The first-order valence-electron chi connectivity index (χ1n) is 8.43. The van der Waals surface area contributed by atoms with E-state index in [0.717, 1.165) is 18.7 Å². The number of H-pyrrole nitrogens is 2. The van der Waals surface area contributed by atoms with Crippen molar-refractivity contribution in [3.8, 4) is 0 Å². The van der Waals surface area contributed by atoms with Gasteiger partial charge in [0.05, 0.1) is 25.7 Å². The van der Waals surface area contributed by atoms with E-state index in [1.807, 2.05) is 12.1 Å². The number of carbonyl (C=O) groups excluding carboxylic acids is 1. The highest BCUT2D eigenvalue weighted by Gasteiger charge is 2.23. The molecule has 0 unspecified atom stereocenters. The Morgan fingerprint density at radius 3 is 2.85 bits per heavy atom. The molecule has 9 nitrogen and oxygen atoms in total. The molecule has 1 fully saturated rings. The molecule has 0 saturated carbocycles. The lowest BCUT2D eigenvalue weighted by Gasteiger charge is -2.34. The van der Waals surface area contributed by atoms with Gasteiger partial charge in [0.1, 0.15) is 0 Å². The number of morpholine rings is 1. The number of carbonyl (C=O) groups is 1. The first kappa shape index (κ1) is 18.0. The molecule has 26 heavy (non-hydrogen) atoms. The minimum absolute atomic E-state index is 0.0228. The minimum atomic E-state index is -0.594. The number of rotatable bonds is 6. The second-order valence-corrected chi connectivity index (χ2v) is 6.03. The quantitative estimate of drug-likeness (QED) is 0.620. The van der Waals surface area contributed by atoms with E-state index in [1.54, 1.807) is 12.4 Å². The summed E-state index contributed by atoms with van der Waals surface area (Å²) in [7, 11) is 0. The fraction of sp³-hybridized carbons (Fsp3) is 0.412. The van der Waals surface area contributed by atoms with Crippen molar-refractivity contribution in [3.63, 3.8) is 0 Å². The van der Waals surface area contributed by atoms with Crippen LogP contribution in [0.25, 0.3) is 0 Å². The number of aromatic nitrogens is 3. The molecular weight excluding hydrogens is 338 g/mol. The number of nitrogens with zero attached hydrogens (tertiary/aromatic N) is 2. The molecule has 2 aromatic heterocycles. The third kappa shape index (κ3) is 4.64. The van der Waals surface area contributed by atoms with Gasteiger partial charge in [-0.15, -0.1) is 0 Å². The van der Waals surface area contributed by atoms with Crippen molar-refractivity contribution in [3.05, 3.63) is 62.7 Å². The maximum Gasteiger partial charge on any atom is 0.325 e. The van der Waals surface area contributed by atoms with Gasteiger partial charge >= 0.3 is 5.69 Å². The molecule has 1 aliphatic heterocycles. The largest absolute Gasteiger partial charge is 0.379 e. The van der Waals surface area contributed by atoms with Crippen molar-refractivity contribution in [2.75, 3.05) is 32.8 Å². The van der Waals surface area contributed by atoms with E-state index >= 15 is 0 Å². The first-order chi connectivity index (χ1) is 12.6. The predicted octanol–water partition coefficient (Wildman–Crippen LogP) is -0.810. The maximum atomic E-state index is 12.3. The summed E-state index contributed by atoms with van der Waals surface area (Å²) in [6.07, 6.45) is 4.66. The number of hydrogen-bond donors (Lipinski definition) is 3. The first-order valence-corrected chi connectivity index (χ1v) is 8.43. The second-order valence-electron chi connectivity index (χ2n) is 6.03. The van der Waals surface area contributed by atoms with E-state index in [-0.39, 0.29) is 23.9 Å². The lowest BCUT2D eigenvalue weighted by molar-refractivity contribution is -0.120. The molecular formula is C17H21N5O4. The molecule has 1 aliphatic rings. The van der Waals surface area contributed by atoms with E-state index in [0.29, 0.717) is 19.8 Å². The number of hydrogen-bond acceptors (Lipinski definition) is 6. The number of pyridine rings is 1. The van der Waals surface area contributed by atoms with Gasteiger partial charge in [-0.3, -0.25) is 24.5 Å². The molecule has 2 aromatic rings. The summed E-state index contributed by atoms with van der Waals surface area (Å²) in [6.45, 7) is 3.24. The standard InChI is InChI=1S/C17H21N5O4/c23-15(8-13-10-20-17(25)21-16(13)24)19-11-14(12-2-1-3-18-9-12)22-4-6-26-7-5-22/h1-3,9-10,14H,4-8,11H2,(H,19,23)(H2,20,21,24,25)/t14-/m0/s1. The summed E-state index contributed by atoms with van der Waals surface area (Å²) in [6, 6.07) is 3.82. The van der Waals surface area contributed by atoms with Crippen LogP contribution in [0.1, 0.15) is 17.2 Å². The molecule has 0 bridgehead atoms. The van der Waals surface area contributed by atoms with Crippen molar-refractivity contribution in [2.24, 2.45) is 0 Å². The monoisotopic (exact) mass is 359 g/mol. The zero-order chi connectivity index (χ0) is 18.4. The van der Waals surface area contributed by atoms with Gasteiger partial charge in [0, 0.05) is 43.8 Å². The molecule has 0 aromatic carbocycles. The molecule has 3 rings (SSSR count). The topological polar surface area (TPSA) is 120 Å². The van der Waals surface area contributed by atoms with E-state index in [1.165, 1.54) is 6.20 Å². The molecule has 138 valence electrons.